The van der Waals surface area contributed by atoms with Gasteiger partial charge in [-0.3, -0.25) is 0 Å². The second-order valence-corrected chi connectivity index (χ2v) is 7.23. The van der Waals surface area contributed by atoms with E-state index in [2.05, 4.69) is 13.2 Å². The van der Waals surface area contributed by atoms with Gasteiger partial charge in [-0.25, -0.2) is 0 Å². The van der Waals surface area contributed by atoms with Crippen molar-refractivity contribution in [3.63, 3.8) is 0 Å². The van der Waals surface area contributed by atoms with Crippen LogP contribution in [0.25, 0.3) is 0 Å². The van der Waals surface area contributed by atoms with E-state index in [-0.39, 0.29) is 5.57 Å². The predicted octanol–water partition coefficient (Wildman–Crippen LogP) is 7.11. The molecule has 4 heteroatoms. The Hall–Kier alpha value is -1.32. The molecule has 0 bridgehead atoms. The van der Waals surface area contributed by atoms with Gasteiger partial charge >= 0.3 is 11.8 Å². The fourth-order valence-electron chi connectivity index (χ4n) is 2.65. The Morgan fingerprint density at radius 2 is 1.58 bits per heavy atom. The Balaban J connectivity index is 2.97. The molecule has 1 atom stereocenters. The minimum Gasteiger partial charge on any atom is -0.194 e. The van der Waals surface area contributed by atoms with E-state index in [1.807, 2.05) is 20.8 Å². The highest BCUT2D eigenvalue weighted by Crippen LogP contribution is 2.49. The summed E-state index contributed by atoms with van der Waals surface area (Å²) in [5.74, 6) is -8.99. The molecule has 1 aliphatic carbocycles. The highest BCUT2D eigenvalue weighted by atomic mass is 19.3. The van der Waals surface area contributed by atoms with Gasteiger partial charge in [0.1, 0.15) is 0 Å². The topological polar surface area (TPSA) is 0 Å². The van der Waals surface area contributed by atoms with Crippen LogP contribution in [0.5, 0.6) is 0 Å². The van der Waals surface area contributed by atoms with Crippen molar-refractivity contribution in [2.45, 2.75) is 65.2 Å². The number of alkyl halides is 4. The highest BCUT2D eigenvalue weighted by Gasteiger charge is 2.60. The van der Waals surface area contributed by atoms with Gasteiger partial charge in [-0.2, -0.15) is 17.6 Å². The SMILES string of the molecule is C=C(C1=CC=C(C)CC1)C(F)(F)C(F)(F)C(=C)C(C)CCC(C)C. The van der Waals surface area contributed by atoms with Crippen LogP contribution in [0.1, 0.15) is 53.4 Å². The molecule has 0 amide bonds. The first-order valence-corrected chi connectivity index (χ1v) is 8.42. The minimum absolute atomic E-state index is 0.188. The second kappa shape index (κ2) is 7.71. The Bertz CT molecular complexity index is 550. The van der Waals surface area contributed by atoms with Gasteiger partial charge < -0.3 is 0 Å². The molecule has 1 aliphatic rings. The summed E-state index contributed by atoms with van der Waals surface area (Å²) >= 11 is 0. The molecular weight excluding hydrogens is 316 g/mol. The standard InChI is InChI=1S/C20H28F4/c1-13(2)7-10-15(4)16(5)19(21,22)20(23,24)17(6)18-11-8-14(3)9-12-18/h8,11,13,15H,5-7,9-10,12H2,1-4H3. The van der Waals surface area contributed by atoms with Crippen LogP contribution in [-0.2, 0) is 0 Å². The third-order valence-corrected chi connectivity index (χ3v) is 4.69. The maximum Gasteiger partial charge on any atom is 0.339 e. The molecule has 0 N–H and O–H groups in total. The lowest BCUT2D eigenvalue weighted by molar-refractivity contribution is -0.163. The van der Waals surface area contributed by atoms with Crippen LogP contribution in [0.4, 0.5) is 17.6 Å². The van der Waals surface area contributed by atoms with Crippen molar-refractivity contribution in [2.24, 2.45) is 11.8 Å². The number of rotatable bonds is 8. The van der Waals surface area contributed by atoms with Crippen molar-refractivity contribution >= 4 is 0 Å². The summed E-state index contributed by atoms with van der Waals surface area (Å²) in [5.41, 5.74) is -0.285. The average molecular weight is 344 g/mol. The molecule has 0 radical (unpaired) electrons. The molecule has 0 spiro atoms. The molecule has 0 heterocycles. The molecule has 0 aliphatic heterocycles. The van der Waals surface area contributed by atoms with E-state index in [1.54, 1.807) is 6.08 Å². The van der Waals surface area contributed by atoms with Crippen molar-refractivity contribution < 1.29 is 17.6 Å². The first-order chi connectivity index (χ1) is 10.9. The maximum atomic E-state index is 14.5. The lowest BCUT2D eigenvalue weighted by atomic mass is 9.83. The van der Waals surface area contributed by atoms with Gasteiger partial charge in [0.25, 0.3) is 0 Å². The van der Waals surface area contributed by atoms with Crippen LogP contribution in [0, 0.1) is 11.8 Å². The first kappa shape index (κ1) is 20.7. The zero-order valence-corrected chi connectivity index (χ0v) is 15.1. The Morgan fingerprint density at radius 3 is 2.04 bits per heavy atom. The fourth-order valence-corrected chi connectivity index (χ4v) is 2.65. The summed E-state index contributed by atoms with van der Waals surface area (Å²) in [6, 6.07) is 0. The zero-order valence-electron chi connectivity index (χ0n) is 15.1. The Morgan fingerprint density at radius 1 is 1.00 bits per heavy atom. The molecular formula is C20H28F4. The van der Waals surface area contributed by atoms with Gasteiger partial charge in [0.2, 0.25) is 0 Å². The van der Waals surface area contributed by atoms with Gasteiger partial charge in [0.05, 0.1) is 0 Å². The van der Waals surface area contributed by atoms with Crippen LogP contribution < -0.4 is 0 Å². The van der Waals surface area contributed by atoms with Crippen molar-refractivity contribution in [3.05, 3.63) is 47.6 Å². The smallest absolute Gasteiger partial charge is 0.194 e. The fraction of sp³-hybridized carbons (Fsp3) is 0.600. The number of hydrogen-bond acceptors (Lipinski definition) is 0. The molecule has 1 rings (SSSR count). The summed E-state index contributed by atoms with van der Waals surface area (Å²) in [6.45, 7) is 13.9. The van der Waals surface area contributed by atoms with Gasteiger partial charge in [0.15, 0.2) is 0 Å². The Kier molecular flexibility index (Phi) is 6.66. The molecule has 0 aromatic rings. The minimum atomic E-state index is -4.33. The summed E-state index contributed by atoms with van der Waals surface area (Å²) in [6.07, 6.45) is 5.15. The van der Waals surface area contributed by atoms with Gasteiger partial charge in [-0.15, -0.1) is 0 Å². The molecule has 0 saturated heterocycles. The van der Waals surface area contributed by atoms with Crippen molar-refractivity contribution in [2.75, 3.05) is 0 Å². The van der Waals surface area contributed by atoms with Crippen molar-refractivity contribution in [3.8, 4) is 0 Å². The number of allylic oxidation sites excluding steroid dienone is 6. The molecule has 0 saturated carbocycles. The van der Waals surface area contributed by atoms with Crippen LogP contribution >= 0.6 is 0 Å². The molecule has 0 fully saturated rings. The highest BCUT2D eigenvalue weighted by molar-refractivity contribution is 5.43. The monoisotopic (exact) mass is 344 g/mol. The average Bonchev–Trinajstić information content (AvgIpc) is 2.51. The second-order valence-electron chi connectivity index (χ2n) is 7.23. The molecule has 1 unspecified atom stereocenters. The first-order valence-electron chi connectivity index (χ1n) is 8.42. The van der Waals surface area contributed by atoms with E-state index in [9.17, 15) is 17.6 Å². The van der Waals surface area contributed by atoms with Gasteiger partial charge in [-0.1, -0.05) is 58.1 Å². The van der Waals surface area contributed by atoms with E-state index < -0.39 is 28.9 Å². The lowest BCUT2D eigenvalue weighted by Crippen LogP contribution is -2.45. The molecule has 0 aromatic heterocycles. The number of hydrogen-bond donors (Lipinski definition) is 0. The number of halogens is 4. The van der Waals surface area contributed by atoms with Crippen LogP contribution in [0.3, 0.4) is 0 Å². The molecule has 136 valence electrons. The zero-order chi connectivity index (χ0) is 18.7. The summed E-state index contributed by atoms with van der Waals surface area (Å²) in [4.78, 5) is 0. The van der Waals surface area contributed by atoms with E-state index in [0.717, 1.165) is 5.57 Å². The third-order valence-electron chi connectivity index (χ3n) is 4.69. The molecule has 0 aromatic carbocycles. The molecule has 0 nitrogen and oxygen atoms in total. The Labute approximate surface area is 143 Å². The maximum absolute atomic E-state index is 14.5. The van der Waals surface area contributed by atoms with Crippen LogP contribution in [0.15, 0.2) is 47.6 Å². The van der Waals surface area contributed by atoms with Crippen LogP contribution in [-0.4, -0.2) is 11.8 Å². The van der Waals surface area contributed by atoms with E-state index in [1.165, 1.54) is 13.0 Å². The largest absolute Gasteiger partial charge is 0.339 e. The summed E-state index contributed by atoms with van der Waals surface area (Å²) in [5, 5.41) is 0. The quantitative estimate of drug-likeness (QED) is 0.325. The summed E-state index contributed by atoms with van der Waals surface area (Å²) < 4.78 is 58.0. The van der Waals surface area contributed by atoms with Gasteiger partial charge in [-0.05, 0) is 43.6 Å². The summed E-state index contributed by atoms with van der Waals surface area (Å²) in [7, 11) is 0. The van der Waals surface area contributed by atoms with E-state index >= 15 is 0 Å². The van der Waals surface area contributed by atoms with Gasteiger partial charge in [0, 0.05) is 11.1 Å². The molecule has 24 heavy (non-hydrogen) atoms. The van der Waals surface area contributed by atoms with E-state index in [0.29, 0.717) is 31.6 Å². The van der Waals surface area contributed by atoms with Crippen molar-refractivity contribution in [1.82, 2.24) is 0 Å². The normalized spacial score (nSPS) is 17.4. The lowest BCUT2D eigenvalue weighted by Gasteiger charge is -2.33. The van der Waals surface area contributed by atoms with E-state index in [4.69, 9.17) is 0 Å². The predicted molar refractivity (Wildman–Crippen MR) is 92.5 cm³/mol. The van der Waals surface area contributed by atoms with Crippen molar-refractivity contribution in [1.29, 1.82) is 0 Å². The van der Waals surface area contributed by atoms with Crippen LogP contribution in [0.2, 0.25) is 0 Å². The third kappa shape index (κ3) is 4.40.